The molecule has 0 atom stereocenters. The fraction of sp³-hybridized carbons (Fsp3) is 0.333. The van der Waals surface area contributed by atoms with Gasteiger partial charge in [0.2, 0.25) is 0 Å². The van der Waals surface area contributed by atoms with E-state index in [2.05, 4.69) is 4.89 Å². The number of hydrogen-bond acceptors (Lipinski definition) is 4. The first-order valence-electron chi connectivity index (χ1n) is 6.72. The monoisotopic (exact) mass is 309 g/mol. The van der Waals surface area contributed by atoms with Crippen molar-refractivity contribution in [1.29, 1.82) is 0 Å². The minimum Gasteiger partial charge on any atom is -0.469 e. The second-order valence-electron chi connectivity index (χ2n) is 4.89. The molecule has 0 saturated carbocycles. The van der Waals surface area contributed by atoms with Gasteiger partial charge in [-0.25, -0.2) is 8.42 Å². The summed E-state index contributed by atoms with van der Waals surface area (Å²) >= 11 is 0. The van der Waals surface area contributed by atoms with E-state index in [1.54, 1.807) is 25.3 Å². The van der Waals surface area contributed by atoms with Crippen molar-refractivity contribution in [3.8, 4) is 0 Å². The first-order valence-corrected chi connectivity index (χ1v) is 8.20. The molecule has 1 aromatic heterocycles. The van der Waals surface area contributed by atoms with Crippen LogP contribution < -0.4 is 4.89 Å². The highest BCUT2D eigenvalue weighted by Crippen LogP contribution is 2.16. The van der Waals surface area contributed by atoms with E-state index in [1.807, 2.05) is 25.1 Å². The Balaban J connectivity index is 1.85. The van der Waals surface area contributed by atoms with Gasteiger partial charge in [-0.05, 0) is 49.6 Å². The van der Waals surface area contributed by atoms with Crippen LogP contribution in [0, 0.1) is 13.8 Å². The Morgan fingerprint density at radius 3 is 2.76 bits per heavy atom. The van der Waals surface area contributed by atoms with Gasteiger partial charge >= 0.3 is 0 Å². The summed E-state index contributed by atoms with van der Waals surface area (Å²) in [5, 5.41) is 0. The van der Waals surface area contributed by atoms with Crippen molar-refractivity contribution in [3.63, 3.8) is 0 Å². The smallest absolute Gasteiger partial charge is 0.262 e. The van der Waals surface area contributed by atoms with Gasteiger partial charge in [-0.3, -0.25) is 4.84 Å². The van der Waals surface area contributed by atoms with Crippen molar-refractivity contribution < 1.29 is 17.7 Å². The molecule has 0 aliphatic heterocycles. The van der Waals surface area contributed by atoms with Gasteiger partial charge in [-0.15, -0.1) is 0 Å². The van der Waals surface area contributed by atoms with Crippen molar-refractivity contribution in [2.24, 2.45) is 0 Å². The summed E-state index contributed by atoms with van der Waals surface area (Å²) in [6, 6.07) is 8.98. The quantitative estimate of drug-likeness (QED) is 0.631. The minimum atomic E-state index is -3.64. The highest BCUT2D eigenvalue weighted by Gasteiger charge is 2.16. The predicted molar refractivity (Wildman–Crippen MR) is 79.2 cm³/mol. The summed E-state index contributed by atoms with van der Waals surface area (Å²) in [4.78, 5) is 7.48. The van der Waals surface area contributed by atoms with Gasteiger partial charge in [-0.1, -0.05) is 17.0 Å². The molecule has 6 heteroatoms. The fourth-order valence-electron chi connectivity index (χ4n) is 1.93. The first-order chi connectivity index (χ1) is 9.99. The highest BCUT2D eigenvalue weighted by molar-refractivity contribution is 7.89. The van der Waals surface area contributed by atoms with Crippen LogP contribution in [0.1, 0.15) is 23.3 Å². The van der Waals surface area contributed by atoms with Gasteiger partial charge in [0.05, 0.1) is 17.8 Å². The maximum atomic E-state index is 12.1. The van der Waals surface area contributed by atoms with E-state index in [0.717, 1.165) is 11.3 Å². The van der Waals surface area contributed by atoms with Crippen LogP contribution in [0.5, 0.6) is 0 Å². The molecule has 0 bridgehead atoms. The standard InChI is InChI=1S/C15H19NO4S/c1-12-7-8-13(2)15(11-12)21(17,18)16-20-10-4-6-14-5-3-9-19-14/h3,5,7-9,11,16H,4,6,10H2,1-2H3. The summed E-state index contributed by atoms with van der Waals surface area (Å²) in [5.74, 6) is 0.857. The number of benzene rings is 1. The largest absolute Gasteiger partial charge is 0.469 e. The van der Waals surface area contributed by atoms with E-state index in [-0.39, 0.29) is 11.5 Å². The van der Waals surface area contributed by atoms with E-state index >= 15 is 0 Å². The maximum absolute atomic E-state index is 12.1. The lowest BCUT2D eigenvalue weighted by Crippen LogP contribution is -2.25. The zero-order valence-electron chi connectivity index (χ0n) is 12.1. The van der Waals surface area contributed by atoms with Crippen LogP contribution in [0.2, 0.25) is 0 Å². The molecule has 0 amide bonds. The van der Waals surface area contributed by atoms with E-state index in [9.17, 15) is 8.42 Å². The van der Waals surface area contributed by atoms with Crippen LogP contribution in [0.3, 0.4) is 0 Å². The third-order valence-corrected chi connectivity index (χ3v) is 4.41. The fourth-order valence-corrected chi connectivity index (χ4v) is 3.10. The van der Waals surface area contributed by atoms with Crippen LogP contribution in [-0.2, 0) is 21.3 Å². The highest BCUT2D eigenvalue weighted by atomic mass is 32.2. The molecule has 2 rings (SSSR count). The van der Waals surface area contributed by atoms with E-state index in [4.69, 9.17) is 9.25 Å². The normalized spacial score (nSPS) is 11.7. The summed E-state index contributed by atoms with van der Waals surface area (Å²) in [6.45, 7) is 3.89. The van der Waals surface area contributed by atoms with E-state index in [1.165, 1.54) is 0 Å². The second kappa shape index (κ2) is 6.89. The van der Waals surface area contributed by atoms with Gasteiger partial charge < -0.3 is 4.42 Å². The molecule has 1 N–H and O–H groups in total. The molecule has 0 fully saturated rings. The summed E-state index contributed by atoms with van der Waals surface area (Å²) < 4.78 is 29.5. The molecular weight excluding hydrogens is 290 g/mol. The molecule has 0 aliphatic rings. The van der Waals surface area contributed by atoms with Crippen LogP contribution in [-0.4, -0.2) is 15.0 Å². The van der Waals surface area contributed by atoms with E-state index in [0.29, 0.717) is 18.4 Å². The minimum absolute atomic E-state index is 0.244. The zero-order chi connectivity index (χ0) is 15.3. The molecule has 2 aromatic rings. The third kappa shape index (κ3) is 4.42. The van der Waals surface area contributed by atoms with Gasteiger partial charge in [0, 0.05) is 6.42 Å². The summed E-state index contributed by atoms with van der Waals surface area (Å²) in [5.41, 5.74) is 1.58. The number of rotatable bonds is 7. The topological polar surface area (TPSA) is 68.5 Å². The molecule has 0 radical (unpaired) electrons. The van der Waals surface area contributed by atoms with Crippen LogP contribution in [0.15, 0.2) is 45.9 Å². The zero-order valence-corrected chi connectivity index (χ0v) is 12.9. The molecule has 5 nitrogen and oxygen atoms in total. The summed E-state index contributed by atoms with van der Waals surface area (Å²) in [6.07, 6.45) is 2.99. The van der Waals surface area contributed by atoms with Gasteiger partial charge in [0.25, 0.3) is 10.0 Å². The Morgan fingerprint density at radius 2 is 2.05 bits per heavy atom. The number of hydrogen-bond donors (Lipinski definition) is 1. The van der Waals surface area contributed by atoms with Crippen molar-refractivity contribution in [2.75, 3.05) is 6.61 Å². The van der Waals surface area contributed by atoms with Crippen LogP contribution in [0.4, 0.5) is 0 Å². The van der Waals surface area contributed by atoms with Gasteiger partial charge in [-0.2, -0.15) is 0 Å². The maximum Gasteiger partial charge on any atom is 0.262 e. The van der Waals surface area contributed by atoms with Gasteiger partial charge in [0.1, 0.15) is 5.76 Å². The van der Waals surface area contributed by atoms with Crippen molar-refractivity contribution >= 4 is 10.0 Å². The molecular formula is C15H19NO4S. The SMILES string of the molecule is Cc1ccc(C)c(S(=O)(=O)NOCCCc2ccco2)c1. The van der Waals surface area contributed by atoms with E-state index < -0.39 is 10.0 Å². The number of aryl methyl sites for hydroxylation is 3. The third-order valence-electron chi connectivity index (χ3n) is 3.05. The Bertz CT molecular complexity index is 678. The van der Waals surface area contributed by atoms with Crippen molar-refractivity contribution in [2.45, 2.75) is 31.6 Å². The molecule has 0 aliphatic carbocycles. The second-order valence-corrected chi connectivity index (χ2v) is 6.50. The lowest BCUT2D eigenvalue weighted by atomic mass is 10.2. The number of nitrogens with one attached hydrogen (secondary N) is 1. The molecule has 114 valence electrons. The van der Waals surface area contributed by atoms with Crippen molar-refractivity contribution in [1.82, 2.24) is 4.89 Å². The molecule has 0 unspecified atom stereocenters. The first kappa shape index (κ1) is 15.8. The predicted octanol–water partition coefficient (Wildman–Crippen LogP) is 2.74. The Labute approximate surface area is 124 Å². The van der Waals surface area contributed by atoms with Crippen molar-refractivity contribution in [3.05, 3.63) is 53.5 Å². The molecule has 0 saturated heterocycles. The molecule has 1 heterocycles. The Morgan fingerprint density at radius 1 is 1.24 bits per heavy atom. The lowest BCUT2D eigenvalue weighted by molar-refractivity contribution is 0.0905. The molecule has 1 aromatic carbocycles. The number of furan rings is 1. The number of sulfonamides is 1. The average Bonchev–Trinajstić information content (AvgIpc) is 2.94. The van der Waals surface area contributed by atoms with Crippen LogP contribution in [0.25, 0.3) is 0 Å². The lowest BCUT2D eigenvalue weighted by Gasteiger charge is -2.10. The molecule has 21 heavy (non-hydrogen) atoms. The molecule has 0 spiro atoms. The van der Waals surface area contributed by atoms with Gasteiger partial charge in [0.15, 0.2) is 0 Å². The average molecular weight is 309 g/mol. The summed E-state index contributed by atoms with van der Waals surface area (Å²) in [7, 11) is -3.64. The van der Waals surface area contributed by atoms with Crippen LogP contribution >= 0.6 is 0 Å². The Kier molecular flexibility index (Phi) is 5.17. The Hall–Kier alpha value is -1.63.